The number of carbonyl (C=O) groups excluding carboxylic acids is 1. The van der Waals surface area contributed by atoms with E-state index in [0.717, 1.165) is 5.56 Å². The molecule has 0 saturated carbocycles. The topological polar surface area (TPSA) is 78.4 Å². The normalized spacial score (nSPS) is 15.6. The van der Waals surface area contributed by atoms with Crippen LogP contribution in [0.1, 0.15) is 5.56 Å². The lowest BCUT2D eigenvalue weighted by Gasteiger charge is -2.24. The highest BCUT2D eigenvalue weighted by molar-refractivity contribution is 9.10. The average molecular weight is 421 g/mol. The largest absolute Gasteiger partial charge is 0.493 e. The second-order valence-corrected chi connectivity index (χ2v) is 6.19. The average Bonchev–Trinajstić information content (AvgIpc) is 2.67. The van der Waals surface area contributed by atoms with E-state index in [-0.39, 0.29) is 6.61 Å². The lowest BCUT2D eigenvalue weighted by Crippen LogP contribution is -2.42. The number of ether oxygens (including phenoxy) is 4. The van der Waals surface area contributed by atoms with E-state index < -0.39 is 12.0 Å². The van der Waals surface area contributed by atoms with Gasteiger partial charge < -0.3 is 18.9 Å². The fraction of sp³-hybridized carbons (Fsp3) is 0.222. The number of methoxy groups -OCH3 is 2. The summed E-state index contributed by atoms with van der Waals surface area (Å²) in [5.74, 6) is 1.90. The smallest absolute Gasteiger partial charge is 0.284 e. The van der Waals surface area contributed by atoms with Crippen LogP contribution in [0.4, 0.5) is 0 Å². The predicted molar refractivity (Wildman–Crippen MR) is 99.3 cm³/mol. The molecule has 0 fully saturated rings. The van der Waals surface area contributed by atoms with Gasteiger partial charge in [0, 0.05) is 0 Å². The van der Waals surface area contributed by atoms with E-state index in [4.69, 9.17) is 18.9 Å². The molecule has 0 bridgehead atoms. The molecule has 0 saturated heterocycles. The van der Waals surface area contributed by atoms with Crippen LogP contribution >= 0.6 is 15.9 Å². The SMILES string of the molecule is COc1cc(/C=N/NC(=O)[C@@H]2COc3ccccc3O2)cc(Br)c1OC. The minimum atomic E-state index is -0.765. The van der Waals surface area contributed by atoms with Gasteiger partial charge in [-0.15, -0.1) is 0 Å². The summed E-state index contributed by atoms with van der Waals surface area (Å²) in [7, 11) is 3.10. The van der Waals surface area contributed by atoms with Crippen molar-refractivity contribution >= 4 is 28.1 Å². The van der Waals surface area contributed by atoms with Crippen LogP contribution in [0.2, 0.25) is 0 Å². The molecule has 1 amide bonds. The number of benzene rings is 2. The highest BCUT2D eigenvalue weighted by Gasteiger charge is 2.27. The van der Waals surface area contributed by atoms with E-state index in [1.807, 2.05) is 12.1 Å². The number of halogens is 1. The first-order valence-corrected chi connectivity index (χ1v) is 8.54. The summed E-state index contributed by atoms with van der Waals surface area (Å²) < 4.78 is 22.4. The molecule has 136 valence electrons. The summed E-state index contributed by atoms with van der Waals surface area (Å²) >= 11 is 3.41. The van der Waals surface area contributed by atoms with Gasteiger partial charge >= 0.3 is 0 Å². The molecule has 0 unspecified atom stereocenters. The van der Waals surface area contributed by atoms with Crippen molar-refractivity contribution in [3.63, 3.8) is 0 Å². The molecule has 7 nitrogen and oxygen atoms in total. The monoisotopic (exact) mass is 420 g/mol. The summed E-state index contributed by atoms with van der Waals surface area (Å²) in [5.41, 5.74) is 3.18. The molecule has 2 aromatic carbocycles. The van der Waals surface area contributed by atoms with Crippen molar-refractivity contribution in [2.75, 3.05) is 20.8 Å². The fourth-order valence-electron chi connectivity index (χ4n) is 2.40. The standard InChI is InChI=1S/C18H17BrN2O5/c1-23-15-8-11(7-12(19)17(15)24-2)9-20-21-18(22)16-10-25-13-5-3-4-6-14(13)26-16/h3-9,16H,10H2,1-2H3,(H,21,22)/b20-9+/t16-/m0/s1. The molecular formula is C18H17BrN2O5. The Morgan fingerprint density at radius 2 is 2.04 bits per heavy atom. The van der Waals surface area contributed by atoms with Gasteiger partial charge in [0.15, 0.2) is 23.0 Å². The number of hydrazone groups is 1. The van der Waals surface area contributed by atoms with E-state index in [1.165, 1.54) is 6.21 Å². The van der Waals surface area contributed by atoms with Gasteiger partial charge in [0.2, 0.25) is 6.10 Å². The van der Waals surface area contributed by atoms with Gasteiger partial charge in [-0.05, 0) is 45.8 Å². The van der Waals surface area contributed by atoms with Crippen LogP contribution in [0.3, 0.4) is 0 Å². The van der Waals surface area contributed by atoms with Gasteiger partial charge in [-0.2, -0.15) is 5.10 Å². The van der Waals surface area contributed by atoms with E-state index in [2.05, 4.69) is 26.5 Å². The van der Waals surface area contributed by atoms with Gasteiger partial charge in [-0.25, -0.2) is 5.43 Å². The van der Waals surface area contributed by atoms with Gasteiger partial charge in [0.05, 0.1) is 24.9 Å². The van der Waals surface area contributed by atoms with Gasteiger partial charge in [0.25, 0.3) is 5.91 Å². The van der Waals surface area contributed by atoms with Gasteiger partial charge in [0.1, 0.15) is 6.61 Å². The zero-order valence-electron chi connectivity index (χ0n) is 14.2. The highest BCUT2D eigenvalue weighted by atomic mass is 79.9. The quantitative estimate of drug-likeness (QED) is 0.594. The first kappa shape index (κ1) is 18.1. The summed E-state index contributed by atoms with van der Waals surface area (Å²) in [6, 6.07) is 10.7. The lowest BCUT2D eigenvalue weighted by atomic mass is 10.2. The van der Waals surface area contributed by atoms with E-state index in [9.17, 15) is 4.79 Å². The molecule has 8 heteroatoms. The summed E-state index contributed by atoms with van der Waals surface area (Å²) in [6.45, 7) is 0.125. The van der Waals surface area contributed by atoms with Crippen LogP contribution in [-0.4, -0.2) is 39.1 Å². The third-order valence-corrected chi connectivity index (χ3v) is 4.23. The third-order valence-electron chi connectivity index (χ3n) is 3.65. The molecule has 1 atom stereocenters. The first-order chi connectivity index (χ1) is 12.6. The second-order valence-electron chi connectivity index (χ2n) is 5.34. The summed E-state index contributed by atoms with van der Waals surface area (Å²) in [4.78, 5) is 12.2. The molecule has 0 aromatic heterocycles. The van der Waals surface area contributed by atoms with E-state index in [0.29, 0.717) is 27.5 Å². The Kier molecular flexibility index (Phi) is 5.62. The number of hydrogen-bond donors (Lipinski definition) is 1. The first-order valence-electron chi connectivity index (χ1n) is 7.75. The van der Waals surface area contributed by atoms with Crippen LogP contribution in [0, 0.1) is 0 Å². The predicted octanol–water partition coefficient (Wildman–Crippen LogP) is 2.76. The highest BCUT2D eigenvalue weighted by Crippen LogP contribution is 2.35. The van der Waals surface area contributed by atoms with Crippen molar-refractivity contribution in [3.05, 3.63) is 46.4 Å². The maximum absolute atomic E-state index is 12.2. The number of fused-ring (bicyclic) bond motifs is 1. The molecule has 1 N–H and O–H groups in total. The van der Waals surface area contributed by atoms with Crippen molar-refractivity contribution < 1.29 is 23.7 Å². The van der Waals surface area contributed by atoms with Crippen LogP contribution in [0.15, 0.2) is 46.0 Å². The van der Waals surface area contributed by atoms with E-state index >= 15 is 0 Å². The Bertz CT molecular complexity index is 840. The molecule has 1 aliphatic heterocycles. The second kappa shape index (κ2) is 8.09. The molecule has 0 radical (unpaired) electrons. The maximum Gasteiger partial charge on any atom is 0.284 e. The Morgan fingerprint density at radius 3 is 2.77 bits per heavy atom. The fourth-order valence-corrected chi connectivity index (χ4v) is 3.03. The Balaban J connectivity index is 1.64. The number of rotatable bonds is 5. The number of para-hydroxylation sites is 2. The van der Waals surface area contributed by atoms with Gasteiger partial charge in [-0.3, -0.25) is 4.79 Å². The third kappa shape index (κ3) is 3.91. The molecule has 3 rings (SSSR count). The van der Waals surface area contributed by atoms with Crippen LogP contribution in [-0.2, 0) is 4.79 Å². The number of carbonyl (C=O) groups is 1. The summed E-state index contributed by atoms with van der Waals surface area (Å²) in [5, 5.41) is 3.97. The number of hydrogen-bond acceptors (Lipinski definition) is 6. The van der Waals surface area contributed by atoms with Crippen molar-refractivity contribution in [1.29, 1.82) is 0 Å². The van der Waals surface area contributed by atoms with Crippen molar-refractivity contribution in [2.45, 2.75) is 6.10 Å². The number of nitrogens with one attached hydrogen (secondary N) is 1. The van der Waals surface area contributed by atoms with E-state index in [1.54, 1.807) is 38.5 Å². The van der Waals surface area contributed by atoms with Crippen LogP contribution in [0.25, 0.3) is 0 Å². The minimum Gasteiger partial charge on any atom is -0.493 e. The van der Waals surface area contributed by atoms with Crippen molar-refractivity contribution in [3.8, 4) is 23.0 Å². The van der Waals surface area contributed by atoms with Crippen molar-refractivity contribution in [1.82, 2.24) is 5.43 Å². The van der Waals surface area contributed by atoms with Crippen LogP contribution < -0.4 is 24.4 Å². The molecule has 0 aliphatic carbocycles. The minimum absolute atomic E-state index is 0.125. The maximum atomic E-state index is 12.2. The zero-order chi connectivity index (χ0) is 18.5. The van der Waals surface area contributed by atoms with Crippen LogP contribution in [0.5, 0.6) is 23.0 Å². The number of nitrogens with zero attached hydrogens (tertiary/aromatic N) is 1. The molecule has 2 aromatic rings. The molecule has 1 aliphatic rings. The zero-order valence-corrected chi connectivity index (χ0v) is 15.8. The molecule has 1 heterocycles. The molecular weight excluding hydrogens is 404 g/mol. The number of amides is 1. The van der Waals surface area contributed by atoms with Gasteiger partial charge in [-0.1, -0.05) is 12.1 Å². The Hall–Kier alpha value is -2.74. The van der Waals surface area contributed by atoms with Crippen molar-refractivity contribution in [2.24, 2.45) is 5.10 Å². The molecule has 0 spiro atoms. The Morgan fingerprint density at radius 1 is 1.27 bits per heavy atom. The summed E-state index contributed by atoms with van der Waals surface area (Å²) in [6.07, 6.45) is 0.738. The lowest BCUT2D eigenvalue weighted by molar-refractivity contribution is -0.130. The Labute approximate surface area is 159 Å². The molecule has 26 heavy (non-hydrogen) atoms.